The van der Waals surface area contributed by atoms with Gasteiger partial charge in [-0.15, -0.1) is 0 Å². The maximum absolute atomic E-state index is 12.5. The summed E-state index contributed by atoms with van der Waals surface area (Å²) in [7, 11) is 0. The third-order valence-corrected chi connectivity index (χ3v) is 4.25. The highest BCUT2D eigenvalue weighted by atomic mass is 32.2. The summed E-state index contributed by atoms with van der Waals surface area (Å²) in [6.07, 6.45) is 1.70. The molecule has 1 atom stereocenters. The van der Waals surface area contributed by atoms with E-state index in [0.717, 1.165) is 5.03 Å². The fraction of sp³-hybridized carbons (Fsp3) is 0.188. The van der Waals surface area contributed by atoms with E-state index in [1.807, 2.05) is 25.1 Å². The zero-order valence-corrected chi connectivity index (χ0v) is 12.7. The number of aromatic nitrogens is 1. The van der Waals surface area contributed by atoms with Crippen LogP contribution in [0.3, 0.4) is 0 Å². The molecule has 5 nitrogen and oxygen atoms in total. The van der Waals surface area contributed by atoms with Crippen molar-refractivity contribution in [2.24, 2.45) is 0 Å². The molecule has 112 valence electrons. The smallest absolute Gasteiger partial charge is 0.262 e. The summed E-state index contributed by atoms with van der Waals surface area (Å²) in [6.45, 7) is 1.85. The molecule has 1 unspecified atom stereocenters. The largest absolute Gasteiger partial charge is 0.482 e. The molecule has 1 aliphatic rings. The Hall–Kier alpha value is -2.34. The van der Waals surface area contributed by atoms with Gasteiger partial charge in [-0.2, -0.15) is 0 Å². The van der Waals surface area contributed by atoms with Crippen molar-refractivity contribution in [3.05, 3.63) is 48.2 Å². The van der Waals surface area contributed by atoms with Crippen molar-refractivity contribution in [1.29, 1.82) is 0 Å². The second kappa shape index (κ2) is 6.19. The first kappa shape index (κ1) is 14.6. The lowest BCUT2D eigenvalue weighted by Crippen LogP contribution is -2.25. The first-order valence-electron chi connectivity index (χ1n) is 6.82. The van der Waals surface area contributed by atoms with Gasteiger partial charge in [-0.1, -0.05) is 17.8 Å². The summed E-state index contributed by atoms with van der Waals surface area (Å²) >= 11 is 1.41. The topological polar surface area (TPSA) is 68.3 Å². The molecule has 0 saturated carbocycles. The van der Waals surface area contributed by atoms with Crippen LogP contribution in [0.15, 0.2) is 47.6 Å². The number of rotatable bonds is 4. The van der Waals surface area contributed by atoms with E-state index in [2.05, 4.69) is 10.3 Å². The van der Waals surface area contributed by atoms with Gasteiger partial charge in [0, 0.05) is 11.8 Å². The average Bonchev–Trinajstić information content (AvgIpc) is 2.54. The van der Waals surface area contributed by atoms with Gasteiger partial charge in [-0.25, -0.2) is 4.98 Å². The molecule has 1 amide bonds. The first-order valence-corrected chi connectivity index (χ1v) is 7.70. The Labute approximate surface area is 132 Å². The van der Waals surface area contributed by atoms with Crippen molar-refractivity contribution in [3.8, 4) is 5.75 Å². The fourth-order valence-electron chi connectivity index (χ4n) is 2.12. The lowest BCUT2D eigenvalue weighted by atomic mass is 10.1. The molecule has 0 bridgehead atoms. The number of ether oxygens (including phenoxy) is 1. The number of pyridine rings is 1. The summed E-state index contributed by atoms with van der Waals surface area (Å²) in [4.78, 5) is 28.1. The number of nitrogens with one attached hydrogen (secondary N) is 1. The van der Waals surface area contributed by atoms with Crippen LogP contribution in [0.4, 0.5) is 5.69 Å². The number of amides is 1. The standard InChI is InChI=1S/C16H14N2O3S/c1-10(22-15-4-2-3-7-17-15)16(20)11-5-6-13-12(8-11)18-14(19)9-21-13/h2-8,10H,9H2,1H3,(H,18,19). The van der Waals surface area contributed by atoms with Gasteiger partial charge < -0.3 is 10.1 Å². The number of fused-ring (bicyclic) bond motifs is 1. The second-order valence-corrected chi connectivity index (χ2v) is 6.20. The summed E-state index contributed by atoms with van der Waals surface area (Å²) in [5.74, 6) is 0.354. The monoisotopic (exact) mass is 314 g/mol. The molecule has 1 N–H and O–H groups in total. The Bertz CT molecular complexity index is 719. The highest BCUT2D eigenvalue weighted by Gasteiger charge is 2.21. The molecule has 3 rings (SSSR count). The maximum Gasteiger partial charge on any atom is 0.262 e. The number of carbonyl (C=O) groups excluding carboxylic acids is 2. The summed E-state index contributed by atoms with van der Waals surface area (Å²) in [5, 5.41) is 3.24. The van der Waals surface area contributed by atoms with E-state index >= 15 is 0 Å². The highest BCUT2D eigenvalue weighted by Crippen LogP contribution is 2.30. The molecule has 6 heteroatoms. The average molecular weight is 314 g/mol. The predicted molar refractivity (Wildman–Crippen MR) is 84.5 cm³/mol. The van der Waals surface area contributed by atoms with E-state index in [1.165, 1.54) is 11.8 Å². The molecule has 22 heavy (non-hydrogen) atoms. The quantitative estimate of drug-likeness (QED) is 0.694. The van der Waals surface area contributed by atoms with Crippen molar-refractivity contribution in [3.63, 3.8) is 0 Å². The zero-order chi connectivity index (χ0) is 15.5. The van der Waals surface area contributed by atoms with Gasteiger partial charge >= 0.3 is 0 Å². The van der Waals surface area contributed by atoms with Gasteiger partial charge in [0.2, 0.25) is 0 Å². The molecule has 2 heterocycles. The Morgan fingerprint density at radius 3 is 3.00 bits per heavy atom. The highest BCUT2D eigenvalue weighted by molar-refractivity contribution is 8.00. The second-order valence-electron chi connectivity index (χ2n) is 4.84. The van der Waals surface area contributed by atoms with Crippen LogP contribution in [0, 0.1) is 0 Å². The lowest BCUT2D eigenvalue weighted by Gasteiger charge is -2.19. The van der Waals surface area contributed by atoms with Crippen LogP contribution in [-0.4, -0.2) is 28.5 Å². The van der Waals surface area contributed by atoms with E-state index in [-0.39, 0.29) is 23.5 Å². The minimum absolute atomic E-state index is 0.00617. The minimum Gasteiger partial charge on any atom is -0.482 e. The molecule has 0 radical (unpaired) electrons. The maximum atomic E-state index is 12.5. The summed E-state index contributed by atoms with van der Waals surface area (Å²) < 4.78 is 5.29. The van der Waals surface area contributed by atoms with E-state index in [1.54, 1.807) is 24.4 Å². The van der Waals surface area contributed by atoms with Gasteiger partial charge in [-0.05, 0) is 37.3 Å². The van der Waals surface area contributed by atoms with Gasteiger partial charge in [0.05, 0.1) is 16.0 Å². The SMILES string of the molecule is CC(Sc1ccccn1)C(=O)c1ccc2c(c1)NC(=O)CO2. The van der Waals surface area contributed by atoms with Crippen LogP contribution in [0.25, 0.3) is 0 Å². The molecule has 0 saturated heterocycles. The third kappa shape index (κ3) is 3.12. The minimum atomic E-state index is -0.270. The molecule has 2 aromatic rings. The Kier molecular flexibility index (Phi) is 4.11. The van der Waals surface area contributed by atoms with Crippen molar-refractivity contribution >= 4 is 29.1 Å². The molecule has 0 spiro atoms. The van der Waals surface area contributed by atoms with Gasteiger partial charge in [0.15, 0.2) is 12.4 Å². The summed E-state index contributed by atoms with van der Waals surface area (Å²) in [6, 6.07) is 10.7. The number of carbonyl (C=O) groups is 2. The number of hydrogen-bond acceptors (Lipinski definition) is 5. The van der Waals surface area contributed by atoms with Crippen molar-refractivity contribution in [2.75, 3.05) is 11.9 Å². The third-order valence-electron chi connectivity index (χ3n) is 3.20. The van der Waals surface area contributed by atoms with Crippen LogP contribution in [-0.2, 0) is 4.79 Å². The van der Waals surface area contributed by atoms with Crippen LogP contribution in [0.5, 0.6) is 5.75 Å². The molecular formula is C16H14N2O3S. The van der Waals surface area contributed by atoms with Crippen molar-refractivity contribution in [1.82, 2.24) is 4.98 Å². The molecular weight excluding hydrogens is 300 g/mol. The van der Waals surface area contributed by atoms with Gasteiger partial charge in [-0.3, -0.25) is 9.59 Å². The van der Waals surface area contributed by atoms with E-state index < -0.39 is 0 Å². The van der Waals surface area contributed by atoms with Crippen LogP contribution >= 0.6 is 11.8 Å². The van der Waals surface area contributed by atoms with Gasteiger partial charge in [0.1, 0.15) is 5.75 Å². The number of ketones is 1. The van der Waals surface area contributed by atoms with Crippen LogP contribution in [0.2, 0.25) is 0 Å². The fourth-order valence-corrected chi connectivity index (χ4v) is 3.01. The summed E-state index contributed by atoms with van der Waals surface area (Å²) in [5.41, 5.74) is 1.08. The number of nitrogens with zero attached hydrogens (tertiary/aromatic N) is 1. The Morgan fingerprint density at radius 1 is 1.36 bits per heavy atom. The normalized spacial score (nSPS) is 14.5. The van der Waals surface area contributed by atoms with Crippen LogP contribution in [0.1, 0.15) is 17.3 Å². The molecule has 1 aromatic carbocycles. The number of hydrogen-bond donors (Lipinski definition) is 1. The van der Waals surface area contributed by atoms with Crippen molar-refractivity contribution < 1.29 is 14.3 Å². The first-order chi connectivity index (χ1) is 10.6. The number of benzene rings is 1. The Morgan fingerprint density at radius 2 is 2.23 bits per heavy atom. The Balaban J connectivity index is 1.77. The van der Waals surface area contributed by atoms with Crippen LogP contribution < -0.4 is 10.1 Å². The lowest BCUT2D eigenvalue weighted by molar-refractivity contribution is -0.118. The van der Waals surface area contributed by atoms with E-state index in [9.17, 15) is 9.59 Å². The molecule has 1 aromatic heterocycles. The zero-order valence-electron chi connectivity index (χ0n) is 11.9. The molecule has 0 fully saturated rings. The predicted octanol–water partition coefficient (Wildman–Crippen LogP) is 2.78. The van der Waals surface area contributed by atoms with Crippen molar-refractivity contribution in [2.45, 2.75) is 17.2 Å². The van der Waals surface area contributed by atoms with E-state index in [0.29, 0.717) is 17.0 Å². The van der Waals surface area contributed by atoms with Gasteiger partial charge in [0.25, 0.3) is 5.91 Å². The number of thioether (sulfide) groups is 1. The van der Waals surface area contributed by atoms with E-state index in [4.69, 9.17) is 4.74 Å². The number of anilines is 1. The molecule has 1 aliphatic heterocycles. The molecule has 0 aliphatic carbocycles. The number of Topliss-reactive ketones (excluding diaryl/α,β-unsaturated/α-hetero) is 1.